The number of hydrogen-bond donors (Lipinski definition) is 2. The van der Waals surface area contributed by atoms with Crippen LogP contribution in [-0.4, -0.2) is 30.6 Å². The van der Waals surface area contributed by atoms with Gasteiger partial charge in [0.2, 0.25) is 6.43 Å². The molecular weight excluding hydrogens is 192 g/mol. The number of nitrogens with one attached hydrogen (secondary N) is 1. The highest BCUT2D eigenvalue weighted by Gasteiger charge is 2.38. The first kappa shape index (κ1) is 11.6. The minimum Gasteiger partial charge on any atom is -0.481 e. The quantitative estimate of drug-likeness (QED) is 0.688. The molecule has 12 heavy (non-hydrogen) atoms. The van der Waals surface area contributed by atoms with Crippen molar-refractivity contribution < 1.29 is 18.7 Å². The van der Waals surface area contributed by atoms with Crippen LogP contribution in [0, 0.1) is 11.8 Å². The van der Waals surface area contributed by atoms with E-state index >= 15 is 0 Å². The number of halogens is 3. The second-order valence-corrected chi connectivity index (χ2v) is 2.60. The van der Waals surface area contributed by atoms with Crippen molar-refractivity contribution in [1.82, 2.24) is 5.32 Å². The second kappa shape index (κ2) is 4.57. The Hall–Kier alpha value is -0.420. The van der Waals surface area contributed by atoms with E-state index in [1.807, 2.05) is 0 Å². The van der Waals surface area contributed by atoms with Crippen molar-refractivity contribution in [1.29, 1.82) is 0 Å². The minimum atomic E-state index is -2.54. The zero-order chi connectivity index (χ0) is 8.43. The SMILES string of the molecule is Cl.O=C(O)C1CNCC1C(F)F. The lowest BCUT2D eigenvalue weighted by Crippen LogP contribution is -2.27. The maximum atomic E-state index is 12.0. The molecule has 2 atom stereocenters. The zero-order valence-electron chi connectivity index (χ0n) is 6.17. The van der Waals surface area contributed by atoms with Crippen LogP contribution in [0.25, 0.3) is 0 Å². The molecule has 0 amide bonds. The summed E-state index contributed by atoms with van der Waals surface area (Å²) in [4.78, 5) is 10.3. The smallest absolute Gasteiger partial charge is 0.308 e. The van der Waals surface area contributed by atoms with Crippen molar-refractivity contribution in [2.45, 2.75) is 6.43 Å². The molecule has 1 heterocycles. The highest BCUT2D eigenvalue weighted by molar-refractivity contribution is 5.85. The predicted molar refractivity (Wildman–Crippen MR) is 40.7 cm³/mol. The minimum absolute atomic E-state index is 0. The van der Waals surface area contributed by atoms with E-state index < -0.39 is 24.2 Å². The van der Waals surface area contributed by atoms with E-state index in [9.17, 15) is 13.6 Å². The Morgan fingerprint density at radius 1 is 1.50 bits per heavy atom. The molecule has 0 spiro atoms. The van der Waals surface area contributed by atoms with Crippen molar-refractivity contribution in [2.75, 3.05) is 13.1 Å². The molecule has 0 radical (unpaired) electrons. The van der Waals surface area contributed by atoms with Crippen LogP contribution < -0.4 is 5.32 Å². The van der Waals surface area contributed by atoms with Gasteiger partial charge in [-0.1, -0.05) is 0 Å². The Bertz CT molecular complexity index is 168. The van der Waals surface area contributed by atoms with Crippen LogP contribution in [0.1, 0.15) is 0 Å². The number of aliphatic carboxylic acids is 1. The monoisotopic (exact) mass is 201 g/mol. The summed E-state index contributed by atoms with van der Waals surface area (Å²) in [5.74, 6) is -3.08. The summed E-state index contributed by atoms with van der Waals surface area (Å²) in [6, 6.07) is 0. The Balaban J connectivity index is 0.00000121. The molecule has 3 nitrogen and oxygen atoms in total. The van der Waals surface area contributed by atoms with E-state index in [1.54, 1.807) is 0 Å². The third-order valence-corrected chi connectivity index (χ3v) is 1.90. The number of alkyl halides is 2. The predicted octanol–water partition coefficient (Wildman–Crippen LogP) is 0.593. The van der Waals surface area contributed by atoms with Gasteiger partial charge in [-0.15, -0.1) is 12.4 Å². The lowest BCUT2D eigenvalue weighted by atomic mass is 9.97. The van der Waals surface area contributed by atoms with Crippen LogP contribution in [0.5, 0.6) is 0 Å². The number of carboxylic acids is 1. The molecule has 1 fully saturated rings. The first-order valence-corrected chi connectivity index (χ1v) is 3.34. The second-order valence-electron chi connectivity index (χ2n) is 2.60. The van der Waals surface area contributed by atoms with Gasteiger partial charge in [-0.05, 0) is 0 Å². The molecule has 0 aromatic rings. The topological polar surface area (TPSA) is 49.3 Å². The van der Waals surface area contributed by atoms with E-state index in [4.69, 9.17) is 5.11 Å². The van der Waals surface area contributed by atoms with Crippen LogP contribution >= 0.6 is 12.4 Å². The van der Waals surface area contributed by atoms with Crippen molar-refractivity contribution in [3.63, 3.8) is 0 Å². The van der Waals surface area contributed by atoms with Crippen LogP contribution in [0.3, 0.4) is 0 Å². The normalized spacial score (nSPS) is 28.6. The fourth-order valence-electron chi connectivity index (χ4n) is 1.23. The Morgan fingerprint density at radius 2 is 2.08 bits per heavy atom. The Morgan fingerprint density at radius 3 is 2.42 bits per heavy atom. The Kier molecular flexibility index (Phi) is 4.41. The highest BCUT2D eigenvalue weighted by Crippen LogP contribution is 2.23. The van der Waals surface area contributed by atoms with E-state index in [0.717, 1.165) is 0 Å². The van der Waals surface area contributed by atoms with Gasteiger partial charge >= 0.3 is 5.97 Å². The zero-order valence-corrected chi connectivity index (χ0v) is 6.98. The molecule has 0 bridgehead atoms. The molecule has 2 N–H and O–H groups in total. The van der Waals surface area contributed by atoms with Crippen LogP contribution in [0.2, 0.25) is 0 Å². The van der Waals surface area contributed by atoms with Gasteiger partial charge in [-0.25, -0.2) is 8.78 Å². The van der Waals surface area contributed by atoms with Gasteiger partial charge in [0.25, 0.3) is 0 Å². The molecule has 6 heteroatoms. The number of carbonyl (C=O) groups is 1. The fraction of sp³-hybridized carbons (Fsp3) is 0.833. The molecule has 1 aliphatic rings. The first-order valence-electron chi connectivity index (χ1n) is 3.34. The average molecular weight is 202 g/mol. The summed E-state index contributed by atoms with van der Waals surface area (Å²) in [5.41, 5.74) is 0. The van der Waals surface area contributed by atoms with Crippen LogP contribution in [0.15, 0.2) is 0 Å². The van der Waals surface area contributed by atoms with E-state index in [0.29, 0.717) is 0 Å². The largest absolute Gasteiger partial charge is 0.481 e. The van der Waals surface area contributed by atoms with E-state index in [1.165, 1.54) is 0 Å². The van der Waals surface area contributed by atoms with Gasteiger partial charge in [0, 0.05) is 19.0 Å². The molecule has 72 valence electrons. The number of carboxylic acid groups (broad SMARTS) is 1. The molecule has 2 unspecified atom stereocenters. The highest BCUT2D eigenvalue weighted by atomic mass is 35.5. The lowest BCUT2D eigenvalue weighted by molar-refractivity contribution is -0.144. The van der Waals surface area contributed by atoms with Crippen molar-refractivity contribution in [2.24, 2.45) is 11.8 Å². The van der Waals surface area contributed by atoms with Crippen LogP contribution in [-0.2, 0) is 4.79 Å². The molecule has 0 aromatic carbocycles. The lowest BCUT2D eigenvalue weighted by Gasteiger charge is -2.12. The van der Waals surface area contributed by atoms with Gasteiger partial charge in [-0.3, -0.25) is 4.79 Å². The van der Waals surface area contributed by atoms with Crippen LogP contribution in [0.4, 0.5) is 8.78 Å². The van der Waals surface area contributed by atoms with Gasteiger partial charge in [0.15, 0.2) is 0 Å². The summed E-state index contributed by atoms with van der Waals surface area (Å²) in [7, 11) is 0. The average Bonchev–Trinajstić information content (AvgIpc) is 2.32. The maximum Gasteiger partial charge on any atom is 0.308 e. The van der Waals surface area contributed by atoms with Gasteiger partial charge in [0.05, 0.1) is 5.92 Å². The summed E-state index contributed by atoms with van der Waals surface area (Å²) in [6.45, 7) is 0.263. The van der Waals surface area contributed by atoms with E-state index in [-0.39, 0.29) is 25.5 Å². The molecule has 0 aliphatic carbocycles. The van der Waals surface area contributed by atoms with Crippen molar-refractivity contribution in [3.8, 4) is 0 Å². The summed E-state index contributed by atoms with van der Waals surface area (Å²) in [6.07, 6.45) is -2.54. The summed E-state index contributed by atoms with van der Waals surface area (Å²) >= 11 is 0. The number of rotatable bonds is 2. The van der Waals surface area contributed by atoms with Crippen molar-refractivity contribution in [3.05, 3.63) is 0 Å². The molecule has 0 aromatic heterocycles. The molecule has 1 saturated heterocycles. The van der Waals surface area contributed by atoms with Crippen molar-refractivity contribution >= 4 is 18.4 Å². The van der Waals surface area contributed by atoms with Gasteiger partial charge in [-0.2, -0.15) is 0 Å². The third-order valence-electron chi connectivity index (χ3n) is 1.90. The maximum absolute atomic E-state index is 12.0. The molecular formula is C6H10ClF2NO2. The van der Waals surface area contributed by atoms with Gasteiger partial charge < -0.3 is 10.4 Å². The standard InChI is InChI=1S/C6H9F2NO2.ClH/c7-5(8)3-1-9-2-4(3)6(10)11;/h3-5,9H,1-2H2,(H,10,11);1H. The van der Waals surface area contributed by atoms with E-state index in [2.05, 4.69) is 5.32 Å². The third kappa shape index (κ3) is 2.28. The molecule has 1 aliphatic heterocycles. The fourth-order valence-corrected chi connectivity index (χ4v) is 1.23. The first-order chi connectivity index (χ1) is 5.13. The molecule has 0 saturated carbocycles. The summed E-state index contributed by atoms with van der Waals surface area (Å²) in [5, 5.41) is 11.1. The number of hydrogen-bond acceptors (Lipinski definition) is 2. The van der Waals surface area contributed by atoms with Gasteiger partial charge in [0.1, 0.15) is 0 Å². The Labute approximate surface area is 74.5 Å². The summed E-state index contributed by atoms with van der Waals surface area (Å²) < 4.78 is 24.1. The molecule has 1 rings (SSSR count).